The van der Waals surface area contributed by atoms with Gasteiger partial charge in [0.1, 0.15) is 60.7 Å². The fourth-order valence-corrected chi connectivity index (χ4v) is 12.9. The first-order chi connectivity index (χ1) is 50.0. The van der Waals surface area contributed by atoms with Crippen LogP contribution < -0.4 is 58.3 Å². The molecule has 28 nitrogen and oxygen atoms in total. The van der Waals surface area contributed by atoms with Gasteiger partial charge in [-0.1, -0.05) is 136 Å². The number of carbonyl (C=O) groups is 12. The highest BCUT2D eigenvalue weighted by atomic mass is 16.5. The minimum atomic E-state index is -1.63. The average molecular weight is 1440 g/mol. The van der Waals surface area contributed by atoms with Gasteiger partial charge in [0.15, 0.2) is 0 Å². The third kappa shape index (κ3) is 20.8. The zero-order valence-corrected chi connectivity index (χ0v) is 59.6. The predicted molar refractivity (Wildman–Crippen MR) is 389 cm³/mol. The van der Waals surface area contributed by atoms with Crippen molar-refractivity contribution in [1.82, 2.24) is 57.7 Å². The van der Waals surface area contributed by atoms with Crippen LogP contribution in [0.1, 0.15) is 86.5 Å². The van der Waals surface area contributed by atoms with Gasteiger partial charge in [-0.15, -0.1) is 0 Å². The Kier molecular flexibility index (Phi) is 26.3. The van der Waals surface area contributed by atoms with E-state index in [2.05, 4.69) is 47.9 Å². The highest BCUT2D eigenvalue weighted by molar-refractivity contribution is 6.00. The number of carboxylic acid groups (broad SMARTS) is 2. The molecule has 12 rings (SSSR count). The van der Waals surface area contributed by atoms with E-state index in [9.17, 15) is 58.2 Å². The Morgan fingerprint density at radius 1 is 0.562 bits per heavy atom. The number of fused-ring (bicyclic) bond motifs is 2. The molecule has 0 spiro atoms. The van der Waals surface area contributed by atoms with E-state index in [1.807, 2.05) is 72.8 Å². The van der Waals surface area contributed by atoms with Crippen molar-refractivity contribution in [3.8, 4) is 5.75 Å². The highest BCUT2D eigenvalue weighted by Crippen LogP contribution is 2.29. The Morgan fingerprint density at radius 2 is 1.04 bits per heavy atom. The molecule has 6 aromatic rings. The number of rotatable bonds is 16. The molecule has 8 bridgehead atoms. The molecule has 0 saturated carbocycles. The maximum atomic E-state index is 15.2. The number of amides is 10. The normalized spacial score (nSPS) is 22.5. The van der Waals surface area contributed by atoms with Crippen LogP contribution in [0.4, 0.5) is 0 Å². The van der Waals surface area contributed by atoms with Crippen molar-refractivity contribution in [1.29, 1.82) is 0 Å². The zero-order valence-electron chi connectivity index (χ0n) is 59.6. The second-order valence-electron chi connectivity index (χ2n) is 27.9. The number of carbonyl (C=O) groups excluding carboxylic acids is 10. The summed E-state index contributed by atoms with van der Waals surface area (Å²) >= 11 is 0. The lowest BCUT2D eigenvalue weighted by Gasteiger charge is -2.36. The first-order valence-electron chi connectivity index (χ1n) is 34.9. The van der Waals surface area contributed by atoms with Gasteiger partial charge in [-0.25, -0.2) is 9.59 Å². The summed E-state index contributed by atoms with van der Waals surface area (Å²) in [6, 6.07) is 24.0. The molecule has 6 aromatic carbocycles. The smallest absolute Gasteiger partial charge is 0.326 e. The van der Waals surface area contributed by atoms with Crippen LogP contribution in [0.5, 0.6) is 5.75 Å². The van der Waals surface area contributed by atoms with Gasteiger partial charge in [-0.05, 0) is 114 Å². The molecule has 28 heteroatoms. The summed E-state index contributed by atoms with van der Waals surface area (Å²) < 4.78 is 12.2. The lowest BCUT2D eigenvalue weighted by Crippen LogP contribution is -2.61. The summed E-state index contributed by atoms with van der Waals surface area (Å²) in [6.07, 6.45) is 0.634. The number of nitrogens with two attached hydrogens (primary N) is 1. The van der Waals surface area contributed by atoms with Crippen molar-refractivity contribution in [3.05, 3.63) is 173 Å². The molecule has 13 N–H and O–H groups in total. The summed E-state index contributed by atoms with van der Waals surface area (Å²) in [5.41, 5.74) is 6.77. The fraction of sp³-hybridized carbons (Fsp3) is 0.403. The van der Waals surface area contributed by atoms with Gasteiger partial charge in [-0.3, -0.25) is 47.9 Å². The first-order valence-corrected chi connectivity index (χ1v) is 34.9. The molecule has 556 valence electrons. The molecule has 6 aliphatic heterocycles. The van der Waals surface area contributed by atoms with Gasteiger partial charge in [0.05, 0.1) is 31.2 Å². The van der Waals surface area contributed by atoms with Crippen molar-refractivity contribution in [2.24, 2.45) is 11.1 Å². The number of hydrogen-bond acceptors (Lipinski definition) is 16. The molecule has 0 radical (unpaired) electrons. The van der Waals surface area contributed by atoms with Gasteiger partial charge in [0, 0.05) is 56.8 Å². The number of carboxylic acids is 2. The van der Waals surface area contributed by atoms with E-state index in [0.717, 1.165) is 26.4 Å². The van der Waals surface area contributed by atoms with Crippen molar-refractivity contribution < 1.29 is 77.2 Å². The molecule has 1 unspecified atom stereocenters. The van der Waals surface area contributed by atoms with Gasteiger partial charge in [0.2, 0.25) is 53.2 Å². The lowest BCUT2D eigenvalue weighted by molar-refractivity contribution is -0.145. The average Bonchev–Trinajstić information content (AvgIpc) is 1.69. The number of likely N-dealkylation sites (tertiary alicyclic amines) is 2. The molecule has 10 amide bonds. The van der Waals surface area contributed by atoms with E-state index in [1.54, 1.807) is 83.3 Å². The third-order valence-corrected chi connectivity index (χ3v) is 19.1. The number of aliphatic carboxylic acids is 2. The van der Waals surface area contributed by atoms with Gasteiger partial charge in [-0.2, -0.15) is 0 Å². The maximum Gasteiger partial charge on any atom is 0.326 e. The standard InChI is InChI=1S/C77H92N12O16/c1-43(79-6)66(91)84-59(40-64(78)90)73(98)89-42-56-39-63(89)72(97)83-58(37-48-21-25-50-15-9-11-17-53(50)33-48)70(95)85-60(75(100)101)34-45-18-26-51(27-19-45)68(93)81-54-38-62(88(41-54)74(99)65(77(3,4)5)87-67(92)44(2)80-7)71(96)82-57(36-47-20-24-49-14-8-10-16-52(49)32-47)69(94)86-61(76(102)103)35-46-22-28-55(29-23-46)104-30-12-13-31-105-56/h8-29,32-33,43-44,54,56-63,65,79-80H,30-31,34-42H2,1-7H3,(H2,78,90)(H,81,93)(H,82,96)(H,83,97)(H,84,91)(H,85,95)(H,86,94)(H,87,92)(H,100,101)(H,102,103)/b13-12+/t43-,44-,54-,56-,57-,58-,59-,60-,61-,62-,63?,65+/m0/s1. The molecular weight excluding hydrogens is 1350 g/mol. The third-order valence-electron chi connectivity index (χ3n) is 19.1. The quantitative estimate of drug-likeness (QED) is 0.0617. The Bertz CT molecular complexity index is 4240. The number of benzene rings is 6. The van der Waals surface area contributed by atoms with Crippen molar-refractivity contribution in [2.45, 2.75) is 152 Å². The molecule has 105 heavy (non-hydrogen) atoms. The second-order valence-corrected chi connectivity index (χ2v) is 27.9. The van der Waals surface area contributed by atoms with Crippen LogP contribution in [0.3, 0.4) is 0 Å². The van der Waals surface area contributed by atoms with Crippen LogP contribution >= 0.6 is 0 Å². The summed E-state index contributed by atoms with van der Waals surface area (Å²) in [5.74, 6) is -10.1. The van der Waals surface area contributed by atoms with Crippen LogP contribution in [0, 0.1) is 5.41 Å². The topological polar surface area (TPSA) is 405 Å². The van der Waals surface area contributed by atoms with Crippen molar-refractivity contribution >= 4 is 92.6 Å². The SMILES string of the molecule is CN[C@@H](C)C(=O)N[C@@H](CC(N)=O)C(=O)N1C[C@@H]2CC1C(=O)N[C@@H](Cc1ccc3ccccc3c1)C(=O)N[C@H](C(=O)O)Cc1ccc(cc1)C(=O)N[C@H]1C[C@@H](C(=O)N[C@@H](Cc3ccc4ccccc4c3)C(=O)N[C@H](C(=O)O)Cc3ccc(cc3)OC/C=C/CO2)N(C(=O)[C@@H](NC(=O)[C@H](C)NC)C(C)(C)C)C1. The Morgan fingerprint density at radius 3 is 1.53 bits per heavy atom. The van der Waals surface area contributed by atoms with Crippen LogP contribution in [0.25, 0.3) is 21.5 Å². The predicted octanol–water partition coefficient (Wildman–Crippen LogP) is 2.11. The molecule has 2 fully saturated rings. The summed E-state index contributed by atoms with van der Waals surface area (Å²) in [4.78, 5) is 172. The molecule has 2 saturated heterocycles. The highest BCUT2D eigenvalue weighted by Gasteiger charge is 2.48. The molecule has 12 atom stereocenters. The lowest BCUT2D eigenvalue weighted by atomic mass is 9.85. The van der Waals surface area contributed by atoms with Crippen LogP contribution in [-0.2, 0) is 83.2 Å². The first kappa shape index (κ1) is 78.0. The van der Waals surface area contributed by atoms with E-state index in [-0.39, 0.29) is 70.4 Å². The van der Waals surface area contributed by atoms with E-state index >= 15 is 9.59 Å². The van der Waals surface area contributed by atoms with E-state index in [1.165, 1.54) is 43.1 Å². The Balaban J connectivity index is 1.05. The number of likely N-dealkylation sites (N-methyl/N-ethyl adjacent to an activating group) is 2. The van der Waals surface area contributed by atoms with Crippen molar-refractivity contribution in [2.75, 3.05) is 40.4 Å². The van der Waals surface area contributed by atoms with Gasteiger partial charge >= 0.3 is 11.9 Å². The number of hydrogen-bond donors (Lipinski definition) is 12. The van der Waals surface area contributed by atoms with E-state index in [0.29, 0.717) is 28.0 Å². The van der Waals surface area contributed by atoms with Crippen LogP contribution in [0.2, 0.25) is 0 Å². The molecular formula is C77H92N12O16. The number of ether oxygens (including phenoxy) is 2. The van der Waals surface area contributed by atoms with Gasteiger partial charge < -0.3 is 83.1 Å². The monoisotopic (exact) mass is 1440 g/mol. The molecule has 0 aromatic heterocycles. The number of nitrogens with one attached hydrogen (secondary N) is 9. The molecule has 6 aliphatic rings. The minimum Gasteiger partial charge on any atom is -0.490 e. The second kappa shape index (κ2) is 35.4. The fourth-order valence-electron chi connectivity index (χ4n) is 12.9. The maximum absolute atomic E-state index is 15.2. The Hall–Kier alpha value is -11.1. The Labute approximate surface area is 607 Å². The molecule has 6 heterocycles. The number of primary amides is 1. The minimum absolute atomic E-state index is 0.0160. The summed E-state index contributed by atoms with van der Waals surface area (Å²) in [5, 5.41) is 49.6. The largest absolute Gasteiger partial charge is 0.490 e. The van der Waals surface area contributed by atoms with Crippen molar-refractivity contribution in [3.63, 3.8) is 0 Å². The van der Waals surface area contributed by atoms with Crippen LogP contribution in [-0.4, -0.2) is 204 Å². The summed E-state index contributed by atoms with van der Waals surface area (Å²) in [6.45, 7) is 7.83. The van der Waals surface area contributed by atoms with Gasteiger partial charge in [0.25, 0.3) is 5.91 Å². The summed E-state index contributed by atoms with van der Waals surface area (Å²) in [7, 11) is 3.10. The van der Waals surface area contributed by atoms with Crippen LogP contribution in [0.15, 0.2) is 146 Å². The number of nitrogens with zero attached hydrogens (tertiary/aromatic N) is 2. The zero-order chi connectivity index (χ0) is 75.8. The molecule has 0 aliphatic carbocycles. The van der Waals surface area contributed by atoms with E-state index in [4.69, 9.17) is 15.2 Å². The van der Waals surface area contributed by atoms with E-state index < -0.39 is 155 Å².